The van der Waals surface area contributed by atoms with Crippen molar-refractivity contribution in [1.29, 1.82) is 0 Å². The second-order valence-electron chi connectivity index (χ2n) is 6.86. The molecule has 1 aromatic carbocycles. The summed E-state index contributed by atoms with van der Waals surface area (Å²) in [7, 11) is 1.57. The molecule has 0 N–H and O–H groups in total. The van der Waals surface area contributed by atoms with Crippen LogP contribution in [-0.4, -0.2) is 79.9 Å². The van der Waals surface area contributed by atoms with Gasteiger partial charge < -0.3 is 19.3 Å². The molecule has 2 fully saturated rings. The average Bonchev–Trinajstić information content (AvgIpc) is 3.03. The molecule has 2 saturated heterocycles. The van der Waals surface area contributed by atoms with Gasteiger partial charge in [-0.05, 0) is 43.8 Å². The molecule has 2 aliphatic rings. The number of carbonyl (C=O) groups excluding carboxylic acids is 3. The Morgan fingerprint density at radius 3 is 2.57 bits per heavy atom. The van der Waals surface area contributed by atoms with Gasteiger partial charge in [-0.3, -0.25) is 19.3 Å². The summed E-state index contributed by atoms with van der Waals surface area (Å²) in [5.41, 5.74) is 1.73. The molecule has 0 bridgehead atoms. The van der Waals surface area contributed by atoms with Gasteiger partial charge >= 0.3 is 0 Å². The van der Waals surface area contributed by atoms with Crippen LogP contribution in [0.15, 0.2) is 23.1 Å². The van der Waals surface area contributed by atoms with E-state index in [4.69, 9.17) is 9.47 Å². The normalized spacial score (nSPS) is 18.3. The molecule has 0 aromatic heterocycles. The lowest BCUT2D eigenvalue weighted by Crippen LogP contribution is -2.46. The Balaban J connectivity index is 1.77. The molecular formula is C21H27N3O5S. The standard InChI is InChI=1S/C21H27N3O5S/c1-4-22(5-2)16-7-6-15(17(13-16)28-3)12-18-20(26)24(21(27)30-18)14-19(25)23-8-10-29-11-9-23/h6-7,12-13H,4-5,8-11,14H2,1-3H3/b18-12-. The van der Waals surface area contributed by atoms with Crippen LogP contribution in [-0.2, 0) is 14.3 Å². The van der Waals surface area contributed by atoms with Gasteiger partial charge in [0.1, 0.15) is 12.3 Å². The Morgan fingerprint density at radius 1 is 1.23 bits per heavy atom. The lowest BCUT2D eigenvalue weighted by molar-refractivity contribution is -0.139. The molecule has 3 rings (SSSR count). The van der Waals surface area contributed by atoms with Crippen LogP contribution in [0, 0.1) is 0 Å². The third-order valence-corrected chi connectivity index (χ3v) is 6.07. The van der Waals surface area contributed by atoms with Crippen LogP contribution in [0.2, 0.25) is 0 Å². The minimum Gasteiger partial charge on any atom is -0.496 e. The number of thioether (sulfide) groups is 1. The number of nitrogens with zero attached hydrogens (tertiary/aromatic N) is 3. The number of anilines is 1. The molecule has 1 aromatic rings. The fourth-order valence-corrected chi connectivity index (χ4v) is 4.26. The monoisotopic (exact) mass is 433 g/mol. The molecule has 2 aliphatic heterocycles. The maximum absolute atomic E-state index is 12.8. The number of ether oxygens (including phenoxy) is 2. The van der Waals surface area contributed by atoms with Gasteiger partial charge in [0.25, 0.3) is 11.1 Å². The van der Waals surface area contributed by atoms with Crippen LogP contribution in [0.1, 0.15) is 19.4 Å². The zero-order chi connectivity index (χ0) is 21.7. The van der Waals surface area contributed by atoms with Crippen molar-refractivity contribution in [2.45, 2.75) is 13.8 Å². The van der Waals surface area contributed by atoms with Crippen LogP contribution < -0.4 is 9.64 Å². The maximum atomic E-state index is 12.8. The third kappa shape index (κ3) is 4.79. The minimum atomic E-state index is -0.457. The van der Waals surface area contributed by atoms with E-state index in [1.54, 1.807) is 18.1 Å². The number of morpholine rings is 1. The topological polar surface area (TPSA) is 79.4 Å². The number of imide groups is 1. The first-order chi connectivity index (χ1) is 14.5. The van der Waals surface area contributed by atoms with Gasteiger partial charge in [0.15, 0.2) is 0 Å². The van der Waals surface area contributed by atoms with Gasteiger partial charge in [-0.1, -0.05) is 0 Å². The predicted octanol–water partition coefficient (Wildman–Crippen LogP) is 2.44. The van der Waals surface area contributed by atoms with Crippen LogP contribution in [0.4, 0.5) is 10.5 Å². The summed E-state index contributed by atoms with van der Waals surface area (Å²) in [5.74, 6) is -0.0833. The van der Waals surface area contributed by atoms with Crippen molar-refractivity contribution in [3.8, 4) is 5.75 Å². The summed E-state index contributed by atoms with van der Waals surface area (Å²) in [6, 6.07) is 5.76. The molecule has 0 radical (unpaired) electrons. The molecule has 0 aliphatic carbocycles. The summed E-state index contributed by atoms with van der Waals surface area (Å²) in [6.45, 7) is 7.54. The van der Waals surface area contributed by atoms with E-state index < -0.39 is 11.1 Å². The fraction of sp³-hybridized carbons (Fsp3) is 0.476. The highest BCUT2D eigenvalue weighted by Gasteiger charge is 2.37. The molecule has 162 valence electrons. The second kappa shape index (κ2) is 9.99. The molecule has 0 unspecified atom stereocenters. The first-order valence-corrected chi connectivity index (χ1v) is 10.8. The van der Waals surface area contributed by atoms with Crippen molar-refractivity contribution >= 4 is 40.6 Å². The largest absolute Gasteiger partial charge is 0.496 e. The Hall–Kier alpha value is -2.52. The average molecular weight is 434 g/mol. The quantitative estimate of drug-likeness (QED) is 0.611. The highest BCUT2D eigenvalue weighted by Crippen LogP contribution is 2.35. The summed E-state index contributed by atoms with van der Waals surface area (Å²) in [5, 5.41) is -0.438. The smallest absolute Gasteiger partial charge is 0.294 e. The van der Waals surface area contributed by atoms with Gasteiger partial charge in [0, 0.05) is 43.5 Å². The summed E-state index contributed by atoms with van der Waals surface area (Å²) in [6.07, 6.45) is 1.65. The van der Waals surface area contributed by atoms with E-state index in [0.29, 0.717) is 37.6 Å². The highest BCUT2D eigenvalue weighted by atomic mass is 32.2. The Morgan fingerprint density at radius 2 is 1.93 bits per heavy atom. The van der Waals surface area contributed by atoms with E-state index in [2.05, 4.69) is 18.7 Å². The van der Waals surface area contributed by atoms with Gasteiger partial charge in [-0.15, -0.1) is 0 Å². The molecular weight excluding hydrogens is 406 g/mol. The van der Waals surface area contributed by atoms with Gasteiger partial charge in [-0.25, -0.2) is 0 Å². The molecule has 8 nitrogen and oxygen atoms in total. The number of benzene rings is 1. The number of methoxy groups -OCH3 is 1. The molecule has 30 heavy (non-hydrogen) atoms. The predicted molar refractivity (Wildman–Crippen MR) is 117 cm³/mol. The molecule has 3 amide bonds. The molecule has 9 heteroatoms. The molecule has 0 atom stereocenters. The SMILES string of the molecule is CCN(CC)c1ccc(/C=C2\SC(=O)N(CC(=O)N3CCOCC3)C2=O)c(OC)c1. The van der Waals surface area contributed by atoms with E-state index in [-0.39, 0.29) is 17.4 Å². The zero-order valence-corrected chi connectivity index (χ0v) is 18.4. The molecule has 0 saturated carbocycles. The number of amides is 3. The molecule has 0 spiro atoms. The highest BCUT2D eigenvalue weighted by molar-refractivity contribution is 8.18. The van der Waals surface area contributed by atoms with Crippen molar-refractivity contribution in [1.82, 2.24) is 9.80 Å². The Labute approximate surface area is 180 Å². The molecule has 2 heterocycles. The van der Waals surface area contributed by atoms with E-state index in [9.17, 15) is 14.4 Å². The maximum Gasteiger partial charge on any atom is 0.294 e. The Bertz CT molecular complexity index is 847. The number of carbonyl (C=O) groups is 3. The van der Waals surface area contributed by atoms with Crippen LogP contribution in [0.5, 0.6) is 5.75 Å². The van der Waals surface area contributed by atoms with Crippen molar-refractivity contribution in [2.24, 2.45) is 0 Å². The van der Waals surface area contributed by atoms with Crippen molar-refractivity contribution < 1.29 is 23.9 Å². The lowest BCUT2D eigenvalue weighted by Gasteiger charge is -2.28. The minimum absolute atomic E-state index is 0.247. The Kier molecular flexibility index (Phi) is 7.38. The van der Waals surface area contributed by atoms with Crippen LogP contribution >= 0.6 is 11.8 Å². The van der Waals surface area contributed by atoms with Crippen LogP contribution in [0.25, 0.3) is 6.08 Å². The van der Waals surface area contributed by atoms with Crippen molar-refractivity contribution in [3.63, 3.8) is 0 Å². The third-order valence-electron chi connectivity index (χ3n) is 5.16. The van der Waals surface area contributed by atoms with Crippen LogP contribution in [0.3, 0.4) is 0 Å². The van der Waals surface area contributed by atoms with Crippen molar-refractivity contribution in [2.75, 3.05) is 57.9 Å². The lowest BCUT2D eigenvalue weighted by atomic mass is 10.1. The number of hydrogen-bond donors (Lipinski definition) is 0. The van der Waals surface area contributed by atoms with E-state index in [1.807, 2.05) is 18.2 Å². The first-order valence-electron chi connectivity index (χ1n) is 10.0. The van der Waals surface area contributed by atoms with E-state index in [0.717, 1.165) is 35.4 Å². The van der Waals surface area contributed by atoms with Gasteiger partial charge in [-0.2, -0.15) is 0 Å². The summed E-state index contributed by atoms with van der Waals surface area (Å²) < 4.78 is 10.7. The van der Waals surface area contributed by atoms with E-state index >= 15 is 0 Å². The number of rotatable bonds is 7. The first kappa shape index (κ1) is 22.2. The summed E-state index contributed by atoms with van der Waals surface area (Å²) in [4.78, 5) is 42.7. The second-order valence-corrected chi connectivity index (χ2v) is 7.85. The number of hydrogen-bond acceptors (Lipinski definition) is 7. The van der Waals surface area contributed by atoms with Gasteiger partial charge in [0.2, 0.25) is 5.91 Å². The van der Waals surface area contributed by atoms with Gasteiger partial charge in [0.05, 0.1) is 25.2 Å². The zero-order valence-electron chi connectivity index (χ0n) is 17.6. The van der Waals surface area contributed by atoms with E-state index in [1.165, 1.54) is 0 Å². The summed E-state index contributed by atoms with van der Waals surface area (Å²) >= 11 is 0.841. The van der Waals surface area contributed by atoms with Crippen molar-refractivity contribution in [3.05, 3.63) is 28.7 Å². The fourth-order valence-electron chi connectivity index (χ4n) is 3.43.